The first-order valence-corrected chi connectivity index (χ1v) is 7.94. The van der Waals surface area contributed by atoms with Crippen molar-refractivity contribution in [3.8, 4) is 0 Å². The highest BCUT2D eigenvalue weighted by Gasteiger charge is 2.31. The third-order valence-electron chi connectivity index (χ3n) is 3.95. The second-order valence-electron chi connectivity index (χ2n) is 5.43. The summed E-state index contributed by atoms with van der Waals surface area (Å²) >= 11 is 3.30. The Balaban J connectivity index is 1.85. The summed E-state index contributed by atoms with van der Waals surface area (Å²) < 4.78 is 19.6. The summed E-state index contributed by atoms with van der Waals surface area (Å²) in [5, 5.41) is 0. The maximum Gasteiger partial charge on any atom is 0.137 e. The van der Waals surface area contributed by atoms with Crippen LogP contribution in [0.1, 0.15) is 31.7 Å². The Kier molecular flexibility index (Phi) is 5.96. The van der Waals surface area contributed by atoms with E-state index in [1.807, 2.05) is 13.0 Å². The van der Waals surface area contributed by atoms with Crippen LogP contribution < -0.4 is 11.3 Å². The van der Waals surface area contributed by atoms with E-state index in [9.17, 15) is 4.39 Å². The van der Waals surface area contributed by atoms with Crippen molar-refractivity contribution >= 4 is 15.9 Å². The van der Waals surface area contributed by atoms with Crippen molar-refractivity contribution in [1.82, 2.24) is 5.43 Å². The lowest BCUT2D eigenvalue weighted by molar-refractivity contribution is -0.0290. The van der Waals surface area contributed by atoms with Gasteiger partial charge in [0.25, 0.3) is 0 Å². The summed E-state index contributed by atoms with van der Waals surface area (Å²) in [6.07, 6.45) is 4.37. The molecule has 1 aliphatic carbocycles. The van der Waals surface area contributed by atoms with Gasteiger partial charge in [-0.2, -0.15) is 0 Å². The van der Waals surface area contributed by atoms with Crippen molar-refractivity contribution in [3.63, 3.8) is 0 Å². The Labute approximate surface area is 128 Å². The minimum Gasteiger partial charge on any atom is -0.378 e. The van der Waals surface area contributed by atoms with Gasteiger partial charge in [-0.1, -0.05) is 12.1 Å². The molecule has 1 aromatic carbocycles. The predicted octanol–water partition coefficient (Wildman–Crippen LogP) is 3.17. The fraction of sp³-hybridized carbons (Fsp3) is 0.600. The zero-order chi connectivity index (χ0) is 14.5. The van der Waals surface area contributed by atoms with E-state index in [2.05, 4.69) is 21.4 Å². The topological polar surface area (TPSA) is 47.3 Å². The van der Waals surface area contributed by atoms with E-state index in [1.54, 1.807) is 6.07 Å². The van der Waals surface area contributed by atoms with Crippen molar-refractivity contribution in [2.75, 3.05) is 6.61 Å². The minimum atomic E-state index is -0.224. The summed E-state index contributed by atoms with van der Waals surface area (Å²) in [5.41, 5.74) is 3.81. The van der Waals surface area contributed by atoms with Gasteiger partial charge in [0, 0.05) is 12.6 Å². The molecule has 1 aromatic rings. The first-order chi connectivity index (χ1) is 9.63. The van der Waals surface area contributed by atoms with E-state index in [-0.39, 0.29) is 11.9 Å². The van der Waals surface area contributed by atoms with Crippen LogP contribution in [0.15, 0.2) is 22.7 Å². The van der Waals surface area contributed by atoms with Gasteiger partial charge in [-0.25, -0.2) is 4.39 Å². The lowest BCUT2D eigenvalue weighted by Crippen LogP contribution is -2.42. The fourth-order valence-electron chi connectivity index (χ4n) is 2.82. The van der Waals surface area contributed by atoms with E-state index in [4.69, 9.17) is 10.6 Å². The normalized spacial score (nSPS) is 23.4. The van der Waals surface area contributed by atoms with Crippen molar-refractivity contribution in [3.05, 3.63) is 34.1 Å². The average molecular weight is 345 g/mol. The highest BCUT2D eigenvalue weighted by Crippen LogP contribution is 2.34. The summed E-state index contributed by atoms with van der Waals surface area (Å²) in [7, 11) is 0. The quantitative estimate of drug-likeness (QED) is 0.590. The predicted molar refractivity (Wildman–Crippen MR) is 81.7 cm³/mol. The zero-order valence-corrected chi connectivity index (χ0v) is 13.3. The largest absolute Gasteiger partial charge is 0.378 e. The van der Waals surface area contributed by atoms with Gasteiger partial charge in [0.2, 0.25) is 0 Å². The Hall–Kier alpha value is -0.490. The van der Waals surface area contributed by atoms with E-state index in [0.29, 0.717) is 16.5 Å². The van der Waals surface area contributed by atoms with Gasteiger partial charge in [0.15, 0.2) is 0 Å². The molecule has 0 saturated heterocycles. The molecule has 0 aromatic heterocycles. The Bertz CT molecular complexity index is 438. The molecule has 1 saturated carbocycles. The first kappa shape index (κ1) is 15.9. The van der Waals surface area contributed by atoms with Gasteiger partial charge in [-0.05, 0) is 66.1 Å². The zero-order valence-electron chi connectivity index (χ0n) is 11.7. The molecule has 20 heavy (non-hydrogen) atoms. The second-order valence-corrected chi connectivity index (χ2v) is 6.22. The average Bonchev–Trinajstić information content (AvgIpc) is 2.40. The second kappa shape index (κ2) is 7.50. The maximum absolute atomic E-state index is 13.5. The maximum atomic E-state index is 13.5. The summed E-state index contributed by atoms with van der Waals surface area (Å²) in [4.78, 5) is 0. The number of ether oxygens (including phenoxy) is 1. The van der Waals surface area contributed by atoms with Gasteiger partial charge in [-0.15, -0.1) is 0 Å². The molecule has 0 bridgehead atoms. The number of hydrogen-bond acceptors (Lipinski definition) is 3. The van der Waals surface area contributed by atoms with Gasteiger partial charge < -0.3 is 4.74 Å². The molecule has 3 nitrogen and oxygen atoms in total. The third-order valence-corrected chi connectivity index (χ3v) is 4.83. The standard InChI is InChI=1S/C15H22BrFN2O/c1-2-20-13-7-10(8-13)6-12(19-18)9-11-4-3-5-14(17)15(11)16/h3-5,10,12-13,19H,2,6-9,18H2,1H3. The number of nitrogens with one attached hydrogen (secondary N) is 1. The van der Waals surface area contributed by atoms with Crippen molar-refractivity contribution in [1.29, 1.82) is 0 Å². The van der Waals surface area contributed by atoms with Crippen LogP contribution in [0.4, 0.5) is 4.39 Å². The van der Waals surface area contributed by atoms with Crippen LogP contribution in [-0.2, 0) is 11.2 Å². The van der Waals surface area contributed by atoms with Crippen molar-refractivity contribution in [2.45, 2.75) is 44.8 Å². The Morgan fingerprint density at radius 1 is 1.50 bits per heavy atom. The SMILES string of the molecule is CCOC1CC(CC(Cc2cccc(F)c2Br)NN)C1. The molecule has 112 valence electrons. The number of hydrazine groups is 1. The molecule has 0 aliphatic heterocycles. The van der Waals surface area contributed by atoms with E-state index < -0.39 is 0 Å². The van der Waals surface area contributed by atoms with Gasteiger partial charge in [0.1, 0.15) is 5.82 Å². The van der Waals surface area contributed by atoms with Crippen molar-refractivity contribution in [2.24, 2.45) is 11.8 Å². The van der Waals surface area contributed by atoms with Gasteiger partial charge in [-0.3, -0.25) is 11.3 Å². The molecule has 1 aliphatic rings. The van der Waals surface area contributed by atoms with Crippen molar-refractivity contribution < 1.29 is 9.13 Å². The molecule has 1 unspecified atom stereocenters. The number of halogens is 2. The van der Waals surface area contributed by atoms with Crippen LogP contribution >= 0.6 is 15.9 Å². The van der Waals surface area contributed by atoms with Crippen LogP contribution in [0.25, 0.3) is 0 Å². The van der Waals surface area contributed by atoms with Crippen LogP contribution in [0.3, 0.4) is 0 Å². The molecule has 1 fully saturated rings. The number of benzene rings is 1. The Morgan fingerprint density at radius 3 is 2.90 bits per heavy atom. The monoisotopic (exact) mass is 344 g/mol. The third kappa shape index (κ3) is 4.01. The molecule has 1 atom stereocenters. The lowest BCUT2D eigenvalue weighted by atomic mass is 9.77. The Morgan fingerprint density at radius 2 is 2.25 bits per heavy atom. The van der Waals surface area contributed by atoms with E-state index in [1.165, 1.54) is 6.07 Å². The molecule has 2 rings (SSSR count). The summed E-state index contributed by atoms with van der Waals surface area (Å²) in [6.45, 7) is 2.81. The van der Waals surface area contributed by atoms with Crippen LogP contribution in [0, 0.1) is 11.7 Å². The first-order valence-electron chi connectivity index (χ1n) is 7.14. The number of nitrogens with two attached hydrogens (primary N) is 1. The molecule has 5 heteroatoms. The van der Waals surface area contributed by atoms with Crippen LogP contribution in [0.2, 0.25) is 0 Å². The number of rotatable bonds is 7. The molecular weight excluding hydrogens is 323 g/mol. The lowest BCUT2D eigenvalue weighted by Gasteiger charge is -2.37. The molecule has 0 amide bonds. The molecule has 3 N–H and O–H groups in total. The molecule has 0 radical (unpaired) electrons. The van der Waals surface area contributed by atoms with Gasteiger partial charge in [0.05, 0.1) is 10.6 Å². The smallest absolute Gasteiger partial charge is 0.137 e. The molecule has 0 spiro atoms. The minimum absolute atomic E-state index is 0.167. The van der Waals surface area contributed by atoms with Crippen LogP contribution in [0.5, 0.6) is 0 Å². The summed E-state index contributed by atoms with van der Waals surface area (Å²) in [5.74, 6) is 6.07. The fourth-order valence-corrected chi connectivity index (χ4v) is 3.25. The number of hydrogen-bond donors (Lipinski definition) is 2. The summed E-state index contributed by atoms with van der Waals surface area (Å²) in [6, 6.07) is 5.29. The highest BCUT2D eigenvalue weighted by molar-refractivity contribution is 9.10. The van der Waals surface area contributed by atoms with Gasteiger partial charge >= 0.3 is 0 Å². The van der Waals surface area contributed by atoms with E-state index in [0.717, 1.165) is 37.9 Å². The van der Waals surface area contributed by atoms with Crippen LogP contribution in [-0.4, -0.2) is 18.8 Å². The van der Waals surface area contributed by atoms with E-state index >= 15 is 0 Å². The highest BCUT2D eigenvalue weighted by atomic mass is 79.9. The molecule has 0 heterocycles. The molecular formula is C15H22BrFN2O.